The van der Waals surface area contributed by atoms with Crippen molar-refractivity contribution in [2.45, 2.75) is 37.8 Å². The predicted molar refractivity (Wildman–Crippen MR) is 130 cm³/mol. The maximum atomic E-state index is 13.7. The lowest BCUT2D eigenvalue weighted by Crippen LogP contribution is -2.49. The summed E-state index contributed by atoms with van der Waals surface area (Å²) >= 11 is 6.06. The van der Waals surface area contributed by atoms with Crippen LogP contribution in [0.15, 0.2) is 71.3 Å². The molecule has 0 bridgehead atoms. The zero-order valence-electron chi connectivity index (χ0n) is 18.9. The molecule has 1 heterocycles. The second kappa shape index (κ2) is 11.2. The van der Waals surface area contributed by atoms with Crippen LogP contribution in [-0.4, -0.2) is 30.3 Å². The Morgan fingerprint density at radius 1 is 1.03 bits per heavy atom. The Morgan fingerprint density at radius 3 is 2.34 bits per heavy atom. The molecule has 0 unspecified atom stereocenters. The number of rotatable bonds is 8. The number of nitrogens with one attached hydrogen (secondary N) is 2. The lowest BCUT2D eigenvalue weighted by Gasteiger charge is -2.32. The quantitative estimate of drug-likeness (QED) is 0.474. The minimum atomic E-state index is -1.06. The van der Waals surface area contributed by atoms with Gasteiger partial charge in [-0.25, -0.2) is 4.39 Å². The van der Waals surface area contributed by atoms with Crippen LogP contribution in [-0.2, 0) is 9.59 Å². The fraction of sp³-hybridized carbons (Fsp3) is 0.269. The molecule has 1 fully saturated rings. The molecule has 3 aromatic rings. The second-order valence-electron chi connectivity index (χ2n) is 8.34. The molecule has 2 N–H and O–H groups in total. The molecule has 35 heavy (non-hydrogen) atoms. The topological polar surface area (TPSA) is 91.7 Å². The number of carbonyl (C=O) groups excluding carboxylic acids is 3. The van der Waals surface area contributed by atoms with Gasteiger partial charge in [-0.2, -0.15) is 0 Å². The first-order chi connectivity index (χ1) is 16.9. The number of furan rings is 1. The maximum absolute atomic E-state index is 13.7. The molecule has 1 saturated carbocycles. The summed E-state index contributed by atoms with van der Waals surface area (Å²) in [6.07, 6.45) is 5.13. The summed E-state index contributed by atoms with van der Waals surface area (Å²) < 4.78 is 18.8. The Bertz CT molecular complexity index is 1160. The van der Waals surface area contributed by atoms with Gasteiger partial charge in [0.15, 0.2) is 5.76 Å². The fourth-order valence-corrected chi connectivity index (χ4v) is 4.31. The van der Waals surface area contributed by atoms with E-state index in [-0.39, 0.29) is 17.7 Å². The summed E-state index contributed by atoms with van der Waals surface area (Å²) in [5, 5.41) is 6.06. The number of nitrogens with zero attached hydrogens (tertiary/aromatic N) is 1. The molecule has 0 spiro atoms. The Labute approximate surface area is 207 Å². The molecule has 0 aliphatic heterocycles. The minimum Gasteiger partial charge on any atom is -0.459 e. The Hall–Kier alpha value is -3.65. The molecular weight excluding hydrogens is 473 g/mol. The average Bonchev–Trinajstić information content (AvgIpc) is 3.57. The van der Waals surface area contributed by atoms with Crippen molar-refractivity contribution < 1.29 is 23.2 Å². The van der Waals surface area contributed by atoms with E-state index in [0.717, 1.165) is 25.7 Å². The van der Waals surface area contributed by atoms with Gasteiger partial charge in [-0.1, -0.05) is 36.6 Å². The maximum Gasteiger partial charge on any atom is 0.287 e. The van der Waals surface area contributed by atoms with Gasteiger partial charge < -0.3 is 15.1 Å². The molecule has 1 atom stereocenters. The molecule has 4 rings (SSSR count). The van der Waals surface area contributed by atoms with Gasteiger partial charge in [-0.05, 0) is 66.9 Å². The van der Waals surface area contributed by atoms with Crippen LogP contribution < -0.4 is 15.5 Å². The van der Waals surface area contributed by atoms with Crippen LogP contribution in [0.3, 0.4) is 0 Å². The van der Waals surface area contributed by atoms with Gasteiger partial charge in [0.2, 0.25) is 11.8 Å². The van der Waals surface area contributed by atoms with E-state index in [0.29, 0.717) is 16.3 Å². The number of hydrogen-bond acceptors (Lipinski definition) is 4. The fourth-order valence-electron chi connectivity index (χ4n) is 4.19. The van der Waals surface area contributed by atoms with Crippen molar-refractivity contribution in [2.24, 2.45) is 0 Å². The molecule has 7 nitrogen and oxygen atoms in total. The number of benzene rings is 2. The highest BCUT2D eigenvalue weighted by Gasteiger charge is 2.34. The van der Waals surface area contributed by atoms with Crippen LogP contribution in [0, 0.1) is 5.82 Å². The first kappa shape index (κ1) is 24.5. The molecule has 0 saturated heterocycles. The van der Waals surface area contributed by atoms with Gasteiger partial charge in [-0.3, -0.25) is 19.3 Å². The smallest absolute Gasteiger partial charge is 0.287 e. The number of anilines is 1. The van der Waals surface area contributed by atoms with E-state index in [1.165, 1.54) is 41.5 Å². The summed E-state index contributed by atoms with van der Waals surface area (Å²) in [6, 6.07) is 13.9. The van der Waals surface area contributed by atoms with Gasteiger partial charge in [-0.15, -0.1) is 0 Å². The average molecular weight is 498 g/mol. The molecule has 1 aliphatic carbocycles. The van der Waals surface area contributed by atoms with Gasteiger partial charge in [0, 0.05) is 16.8 Å². The van der Waals surface area contributed by atoms with E-state index < -0.39 is 30.2 Å². The standard InChI is InChI=1S/C26H25ClFN3O4/c27-18-9-7-17(8-10-18)24(26(34)30-20-4-1-2-5-20)31(21-13-11-19(28)12-14-21)23(32)16-29-25(33)22-6-3-15-35-22/h3,6-15,20,24H,1-2,4-5,16H2,(H,29,33)(H,30,34)/t24-/m0/s1. The van der Waals surface area contributed by atoms with Crippen LogP contribution in [0.1, 0.15) is 47.8 Å². The summed E-state index contributed by atoms with van der Waals surface area (Å²) in [6.45, 7) is -0.405. The zero-order chi connectivity index (χ0) is 24.8. The third-order valence-corrected chi connectivity index (χ3v) is 6.16. The molecular formula is C26H25ClFN3O4. The van der Waals surface area contributed by atoms with Crippen molar-refractivity contribution in [3.63, 3.8) is 0 Å². The van der Waals surface area contributed by atoms with E-state index in [4.69, 9.17) is 16.0 Å². The highest BCUT2D eigenvalue weighted by Crippen LogP contribution is 2.30. The predicted octanol–water partition coefficient (Wildman–Crippen LogP) is 4.64. The van der Waals surface area contributed by atoms with E-state index in [1.54, 1.807) is 30.3 Å². The lowest BCUT2D eigenvalue weighted by atomic mass is 10.0. The first-order valence-corrected chi connectivity index (χ1v) is 11.8. The second-order valence-corrected chi connectivity index (χ2v) is 8.78. The molecule has 1 aromatic heterocycles. The van der Waals surface area contributed by atoms with Crippen molar-refractivity contribution in [3.8, 4) is 0 Å². The summed E-state index contributed by atoms with van der Waals surface area (Å²) in [4.78, 5) is 40.7. The van der Waals surface area contributed by atoms with Crippen molar-refractivity contribution in [1.29, 1.82) is 0 Å². The molecule has 3 amide bonds. The number of amides is 3. The molecule has 1 aliphatic rings. The van der Waals surface area contributed by atoms with E-state index in [2.05, 4.69) is 10.6 Å². The van der Waals surface area contributed by atoms with Crippen molar-refractivity contribution in [2.75, 3.05) is 11.4 Å². The minimum absolute atomic E-state index is 0.0149. The van der Waals surface area contributed by atoms with Crippen molar-refractivity contribution >= 4 is 35.0 Å². The van der Waals surface area contributed by atoms with Gasteiger partial charge in [0.1, 0.15) is 11.9 Å². The Balaban J connectivity index is 1.67. The number of hydrogen-bond donors (Lipinski definition) is 2. The van der Waals surface area contributed by atoms with Crippen LogP contribution in [0.25, 0.3) is 0 Å². The highest BCUT2D eigenvalue weighted by molar-refractivity contribution is 6.30. The van der Waals surface area contributed by atoms with Crippen LogP contribution in [0.5, 0.6) is 0 Å². The zero-order valence-corrected chi connectivity index (χ0v) is 19.6. The van der Waals surface area contributed by atoms with Crippen LogP contribution in [0.2, 0.25) is 5.02 Å². The van der Waals surface area contributed by atoms with Crippen LogP contribution in [0.4, 0.5) is 10.1 Å². The normalized spacial score (nSPS) is 14.3. The van der Waals surface area contributed by atoms with Gasteiger partial charge >= 0.3 is 0 Å². The molecule has 182 valence electrons. The summed E-state index contributed by atoms with van der Waals surface area (Å²) in [5.74, 6) is -1.92. The highest BCUT2D eigenvalue weighted by atomic mass is 35.5. The van der Waals surface area contributed by atoms with E-state index in [1.807, 2.05) is 0 Å². The largest absolute Gasteiger partial charge is 0.459 e. The number of carbonyl (C=O) groups is 3. The molecule has 0 radical (unpaired) electrons. The molecule has 9 heteroatoms. The summed E-state index contributed by atoms with van der Waals surface area (Å²) in [5.41, 5.74) is 0.838. The molecule has 2 aromatic carbocycles. The van der Waals surface area contributed by atoms with E-state index in [9.17, 15) is 18.8 Å². The van der Waals surface area contributed by atoms with E-state index >= 15 is 0 Å². The monoisotopic (exact) mass is 497 g/mol. The van der Waals surface area contributed by atoms with Crippen molar-refractivity contribution in [3.05, 3.63) is 89.1 Å². The third kappa shape index (κ3) is 6.08. The van der Waals surface area contributed by atoms with Crippen molar-refractivity contribution in [1.82, 2.24) is 10.6 Å². The Kier molecular flexibility index (Phi) is 7.82. The van der Waals surface area contributed by atoms with Gasteiger partial charge in [0.05, 0.1) is 12.8 Å². The summed E-state index contributed by atoms with van der Waals surface area (Å²) in [7, 11) is 0. The van der Waals surface area contributed by atoms with Crippen LogP contribution >= 0.6 is 11.6 Å². The SMILES string of the molecule is O=C(NCC(=O)N(c1ccc(F)cc1)[C@H](C(=O)NC1CCCC1)c1ccc(Cl)cc1)c1ccco1. The lowest BCUT2D eigenvalue weighted by molar-refractivity contribution is -0.126. The Morgan fingerprint density at radius 2 is 1.71 bits per heavy atom. The number of halogens is 2. The third-order valence-electron chi connectivity index (χ3n) is 5.91. The first-order valence-electron chi connectivity index (χ1n) is 11.4. The van der Waals surface area contributed by atoms with Gasteiger partial charge in [0.25, 0.3) is 5.91 Å².